The molecule has 1 aromatic carbocycles. The smallest absolute Gasteiger partial charge is 0.257 e. The Morgan fingerprint density at radius 3 is 2.56 bits per heavy atom. The van der Waals surface area contributed by atoms with Crippen LogP contribution in [0.25, 0.3) is 0 Å². The molecule has 1 heterocycles. The molecule has 3 rings (SSSR count). The van der Waals surface area contributed by atoms with Crippen LogP contribution in [0, 0.1) is 5.92 Å². The van der Waals surface area contributed by atoms with Gasteiger partial charge in [0.25, 0.3) is 5.91 Å². The fraction of sp³-hybridized carbons (Fsp3) is 0.474. The number of hydrogen-bond acceptors (Lipinski definition) is 5. The largest absolute Gasteiger partial charge is 0.298 e. The van der Waals surface area contributed by atoms with Crippen molar-refractivity contribution in [3.8, 4) is 0 Å². The molecule has 1 atom stereocenters. The average molecular weight is 408 g/mol. The van der Waals surface area contributed by atoms with Gasteiger partial charge in [-0.1, -0.05) is 20.8 Å². The van der Waals surface area contributed by atoms with Crippen molar-refractivity contribution in [2.45, 2.75) is 44.9 Å². The summed E-state index contributed by atoms with van der Waals surface area (Å²) in [4.78, 5) is 18.5. The first-order valence-corrected chi connectivity index (χ1v) is 11.5. The number of amides is 1. The molecule has 2 aromatic rings. The van der Waals surface area contributed by atoms with Crippen LogP contribution in [0.3, 0.4) is 0 Å². The summed E-state index contributed by atoms with van der Waals surface area (Å²) in [6.07, 6.45) is 3.11. The van der Waals surface area contributed by atoms with Gasteiger partial charge < -0.3 is 0 Å². The number of benzene rings is 1. The van der Waals surface area contributed by atoms with Crippen molar-refractivity contribution >= 4 is 32.4 Å². The maximum atomic E-state index is 12.5. The van der Waals surface area contributed by atoms with Crippen molar-refractivity contribution in [3.63, 3.8) is 0 Å². The summed E-state index contributed by atoms with van der Waals surface area (Å²) in [6, 6.07) is 6.05. The molecule has 0 unspecified atom stereocenters. The molecule has 8 heteroatoms. The zero-order valence-corrected chi connectivity index (χ0v) is 17.5. The van der Waals surface area contributed by atoms with Crippen molar-refractivity contribution in [2.75, 3.05) is 18.4 Å². The molecule has 0 radical (unpaired) electrons. The highest BCUT2D eigenvalue weighted by atomic mass is 32.2. The average Bonchev–Trinajstić information content (AvgIpc) is 3.03. The number of anilines is 1. The summed E-state index contributed by atoms with van der Waals surface area (Å²) in [5.74, 6) is 0.378. The summed E-state index contributed by atoms with van der Waals surface area (Å²) < 4.78 is 26.4. The molecular weight excluding hydrogens is 382 g/mol. The zero-order valence-electron chi connectivity index (χ0n) is 15.9. The molecule has 0 saturated heterocycles. The van der Waals surface area contributed by atoms with Gasteiger partial charge in [-0.2, -0.15) is 4.31 Å². The fourth-order valence-corrected chi connectivity index (χ4v) is 5.88. The molecule has 6 nitrogen and oxygen atoms in total. The monoisotopic (exact) mass is 407 g/mol. The second-order valence-corrected chi connectivity index (χ2v) is 9.83. The van der Waals surface area contributed by atoms with Crippen molar-refractivity contribution in [1.29, 1.82) is 0 Å². The highest BCUT2D eigenvalue weighted by molar-refractivity contribution is 7.89. The number of aromatic nitrogens is 1. The van der Waals surface area contributed by atoms with Gasteiger partial charge in [0.05, 0.1) is 10.6 Å². The molecular formula is C19H25N3O3S2. The predicted molar refractivity (Wildman–Crippen MR) is 108 cm³/mol. The number of nitrogens with zero attached hydrogens (tertiary/aromatic N) is 2. The van der Waals surface area contributed by atoms with Crippen molar-refractivity contribution < 1.29 is 13.2 Å². The number of rotatable bonds is 6. The number of thiazole rings is 1. The van der Waals surface area contributed by atoms with Gasteiger partial charge in [-0.15, -0.1) is 11.3 Å². The molecule has 146 valence electrons. The molecule has 0 fully saturated rings. The van der Waals surface area contributed by atoms with Crippen LogP contribution in [0.15, 0.2) is 29.2 Å². The van der Waals surface area contributed by atoms with Gasteiger partial charge in [0.2, 0.25) is 10.0 Å². The van der Waals surface area contributed by atoms with Crippen LogP contribution in [0.4, 0.5) is 5.13 Å². The number of nitrogens with one attached hydrogen (secondary N) is 1. The molecule has 0 bridgehead atoms. The first kappa shape index (κ1) is 20.0. The van der Waals surface area contributed by atoms with Crippen LogP contribution < -0.4 is 5.32 Å². The van der Waals surface area contributed by atoms with Crippen molar-refractivity contribution in [2.24, 2.45) is 5.92 Å². The highest BCUT2D eigenvalue weighted by Gasteiger charge is 2.23. The Morgan fingerprint density at radius 2 is 1.93 bits per heavy atom. The Labute approximate surface area is 164 Å². The molecule has 1 N–H and O–H groups in total. The van der Waals surface area contributed by atoms with Crippen LogP contribution in [-0.2, 0) is 22.9 Å². The summed E-state index contributed by atoms with van der Waals surface area (Å²) in [6.45, 7) is 6.66. The van der Waals surface area contributed by atoms with Gasteiger partial charge in [-0.3, -0.25) is 10.1 Å². The third kappa shape index (κ3) is 4.23. The number of carbonyl (C=O) groups excluding carboxylic acids is 1. The minimum atomic E-state index is -3.52. The molecule has 0 saturated carbocycles. The summed E-state index contributed by atoms with van der Waals surface area (Å²) in [5, 5.41) is 3.45. The van der Waals surface area contributed by atoms with Gasteiger partial charge in [0.15, 0.2) is 5.13 Å². The topological polar surface area (TPSA) is 79.4 Å². The SMILES string of the molecule is CCN(CC)S(=O)(=O)c1ccc(C(=O)Nc2nc3c(s2)C[C@@H](C)CC3)cc1. The third-order valence-corrected chi connectivity index (χ3v) is 7.97. The van der Waals surface area contributed by atoms with Crippen LogP contribution in [0.2, 0.25) is 0 Å². The Bertz CT molecular complexity index is 916. The molecule has 1 aromatic heterocycles. The number of carbonyl (C=O) groups is 1. The summed E-state index contributed by atoms with van der Waals surface area (Å²) in [7, 11) is -3.52. The van der Waals surface area contributed by atoms with E-state index in [0.717, 1.165) is 25.0 Å². The second-order valence-electron chi connectivity index (χ2n) is 6.80. The van der Waals surface area contributed by atoms with E-state index in [1.165, 1.54) is 32.7 Å². The normalized spacial score (nSPS) is 17.0. The molecule has 0 aliphatic heterocycles. The molecule has 27 heavy (non-hydrogen) atoms. The van der Waals surface area contributed by atoms with E-state index in [2.05, 4.69) is 17.2 Å². The van der Waals surface area contributed by atoms with Gasteiger partial charge in [-0.05, 0) is 49.4 Å². The fourth-order valence-electron chi connectivity index (χ4n) is 3.25. The summed E-state index contributed by atoms with van der Waals surface area (Å²) >= 11 is 1.53. The van der Waals surface area contributed by atoms with Gasteiger partial charge >= 0.3 is 0 Å². The van der Waals surface area contributed by atoms with E-state index in [4.69, 9.17) is 0 Å². The molecule has 1 amide bonds. The van der Waals surface area contributed by atoms with E-state index in [9.17, 15) is 13.2 Å². The standard InChI is InChI=1S/C19H25N3O3S2/c1-4-22(5-2)27(24,25)15-9-7-14(8-10-15)18(23)21-19-20-16-11-6-13(3)12-17(16)26-19/h7-10,13H,4-6,11-12H2,1-3H3,(H,20,21,23)/t13-/m0/s1. The third-order valence-electron chi connectivity index (χ3n) is 4.87. The van der Waals surface area contributed by atoms with Gasteiger partial charge in [0, 0.05) is 23.5 Å². The number of aryl methyl sites for hydroxylation is 1. The summed E-state index contributed by atoms with van der Waals surface area (Å²) in [5.41, 5.74) is 1.50. The minimum Gasteiger partial charge on any atom is -0.298 e. The Morgan fingerprint density at radius 1 is 1.26 bits per heavy atom. The first-order chi connectivity index (χ1) is 12.8. The van der Waals surface area contributed by atoms with Crippen LogP contribution in [-0.4, -0.2) is 36.7 Å². The lowest BCUT2D eigenvalue weighted by atomic mass is 9.93. The Balaban J connectivity index is 1.73. The maximum absolute atomic E-state index is 12.5. The minimum absolute atomic E-state index is 0.196. The first-order valence-electron chi connectivity index (χ1n) is 9.25. The van der Waals surface area contributed by atoms with Gasteiger partial charge in [0.1, 0.15) is 0 Å². The maximum Gasteiger partial charge on any atom is 0.257 e. The van der Waals surface area contributed by atoms with E-state index in [1.54, 1.807) is 26.0 Å². The van der Waals surface area contributed by atoms with Crippen LogP contribution in [0.5, 0.6) is 0 Å². The van der Waals surface area contributed by atoms with E-state index in [1.807, 2.05) is 0 Å². The lowest BCUT2D eigenvalue weighted by molar-refractivity contribution is 0.102. The lowest BCUT2D eigenvalue weighted by Crippen LogP contribution is -2.30. The van der Waals surface area contributed by atoms with Crippen LogP contribution in [0.1, 0.15) is 48.1 Å². The lowest BCUT2D eigenvalue weighted by Gasteiger charge is -2.18. The van der Waals surface area contributed by atoms with E-state index < -0.39 is 10.0 Å². The van der Waals surface area contributed by atoms with Gasteiger partial charge in [-0.25, -0.2) is 13.4 Å². The number of fused-ring (bicyclic) bond motifs is 1. The van der Waals surface area contributed by atoms with E-state index in [-0.39, 0.29) is 10.8 Å². The number of sulfonamides is 1. The number of hydrogen-bond donors (Lipinski definition) is 1. The molecule has 1 aliphatic carbocycles. The quantitative estimate of drug-likeness (QED) is 0.794. The zero-order chi connectivity index (χ0) is 19.6. The van der Waals surface area contributed by atoms with Crippen LogP contribution >= 0.6 is 11.3 Å². The molecule has 0 spiro atoms. The van der Waals surface area contributed by atoms with Crippen molar-refractivity contribution in [1.82, 2.24) is 9.29 Å². The van der Waals surface area contributed by atoms with E-state index >= 15 is 0 Å². The second kappa shape index (κ2) is 8.08. The molecule has 1 aliphatic rings. The van der Waals surface area contributed by atoms with Crippen molar-refractivity contribution in [3.05, 3.63) is 40.4 Å². The Kier molecular flexibility index (Phi) is 5.98. The predicted octanol–water partition coefficient (Wildman–Crippen LogP) is 3.55. The Hall–Kier alpha value is -1.77. The van der Waals surface area contributed by atoms with E-state index in [0.29, 0.717) is 29.7 Å². The highest BCUT2D eigenvalue weighted by Crippen LogP contribution is 2.32.